The Bertz CT molecular complexity index is 416. The average Bonchev–Trinajstić information content (AvgIpc) is 3.19. The van der Waals surface area contributed by atoms with Crippen LogP contribution in [0.3, 0.4) is 0 Å². The van der Waals surface area contributed by atoms with Crippen molar-refractivity contribution in [3.63, 3.8) is 0 Å². The number of nitrogens with one attached hydrogen (secondary N) is 1. The summed E-state index contributed by atoms with van der Waals surface area (Å²) in [4.78, 5) is 25.6. The van der Waals surface area contributed by atoms with Crippen LogP contribution in [0.25, 0.3) is 0 Å². The number of unbranched alkanes of at least 4 members (excludes halogenated alkanes) is 1. The summed E-state index contributed by atoms with van der Waals surface area (Å²) in [6.45, 7) is 10.7. The van der Waals surface area contributed by atoms with E-state index in [2.05, 4.69) is 12.2 Å². The number of rotatable bonds is 10. The predicted molar refractivity (Wildman–Crippen MR) is 94.1 cm³/mol. The number of nitrogens with zero attached hydrogens (tertiary/aromatic N) is 1. The van der Waals surface area contributed by atoms with Crippen LogP contribution in [0.5, 0.6) is 0 Å². The van der Waals surface area contributed by atoms with E-state index in [9.17, 15) is 14.7 Å². The molecule has 2 atom stereocenters. The standard InChI is InChI=1S/C18H34N2O4/c1-6-7-8-15(16(21)22)20(12-14-9-10-14)11-13(2)19-17(23)24-18(3,4)5/h13-15H,6-12H2,1-5H3,(H,19,23)(H,21,22)/t13-,15?/m1/s1. The van der Waals surface area contributed by atoms with Crippen molar-refractivity contribution in [3.05, 3.63) is 0 Å². The second-order valence-electron chi connectivity index (χ2n) is 7.94. The molecule has 0 aliphatic heterocycles. The summed E-state index contributed by atoms with van der Waals surface area (Å²) >= 11 is 0. The van der Waals surface area contributed by atoms with Crippen molar-refractivity contribution in [2.45, 2.75) is 84.4 Å². The van der Waals surface area contributed by atoms with Crippen molar-refractivity contribution in [2.24, 2.45) is 5.92 Å². The van der Waals surface area contributed by atoms with Crippen molar-refractivity contribution in [1.82, 2.24) is 10.2 Å². The molecule has 6 nitrogen and oxygen atoms in total. The van der Waals surface area contributed by atoms with Crippen LogP contribution in [0.2, 0.25) is 0 Å². The van der Waals surface area contributed by atoms with Crippen LogP contribution >= 0.6 is 0 Å². The molecule has 0 spiro atoms. The van der Waals surface area contributed by atoms with Gasteiger partial charge in [-0.25, -0.2) is 4.79 Å². The van der Waals surface area contributed by atoms with Gasteiger partial charge >= 0.3 is 12.1 Å². The van der Waals surface area contributed by atoms with Gasteiger partial charge in [0.2, 0.25) is 0 Å². The van der Waals surface area contributed by atoms with Gasteiger partial charge in [0.1, 0.15) is 11.6 Å². The highest BCUT2D eigenvalue weighted by atomic mass is 16.6. The second kappa shape index (κ2) is 9.25. The van der Waals surface area contributed by atoms with Crippen molar-refractivity contribution in [1.29, 1.82) is 0 Å². The number of alkyl carbamates (subject to hydrolysis) is 1. The number of carbonyl (C=O) groups is 2. The van der Waals surface area contributed by atoms with Crippen LogP contribution in [-0.2, 0) is 9.53 Å². The SMILES string of the molecule is CCCCC(C(=O)O)N(CC1CC1)C[C@@H](C)NC(=O)OC(C)(C)C. The minimum Gasteiger partial charge on any atom is -0.480 e. The molecule has 140 valence electrons. The lowest BCUT2D eigenvalue weighted by molar-refractivity contribution is -0.143. The fourth-order valence-electron chi connectivity index (χ4n) is 2.73. The van der Waals surface area contributed by atoms with E-state index in [-0.39, 0.29) is 6.04 Å². The van der Waals surface area contributed by atoms with Crippen LogP contribution in [0.15, 0.2) is 0 Å². The summed E-state index contributed by atoms with van der Waals surface area (Å²) in [5, 5.41) is 12.4. The van der Waals surface area contributed by atoms with E-state index in [0.717, 1.165) is 19.4 Å². The van der Waals surface area contributed by atoms with Crippen molar-refractivity contribution < 1.29 is 19.4 Å². The first-order valence-electron chi connectivity index (χ1n) is 9.08. The Kier molecular flexibility index (Phi) is 8.00. The lowest BCUT2D eigenvalue weighted by atomic mass is 10.1. The number of aliphatic carboxylic acids is 1. The zero-order valence-electron chi connectivity index (χ0n) is 15.8. The molecule has 1 fully saturated rings. The Hall–Kier alpha value is -1.30. The Labute approximate surface area is 145 Å². The fourth-order valence-corrected chi connectivity index (χ4v) is 2.73. The first kappa shape index (κ1) is 20.7. The second-order valence-corrected chi connectivity index (χ2v) is 7.94. The molecule has 0 bridgehead atoms. The van der Waals surface area contributed by atoms with Crippen molar-refractivity contribution in [3.8, 4) is 0 Å². The minimum absolute atomic E-state index is 0.165. The van der Waals surface area contributed by atoms with Gasteiger partial charge in [0, 0.05) is 19.1 Å². The summed E-state index contributed by atoms with van der Waals surface area (Å²) in [6.07, 6.45) is 4.41. The number of ether oxygens (including phenoxy) is 1. The van der Waals surface area contributed by atoms with E-state index in [0.29, 0.717) is 18.9 Å². The first-order valence-corrected chi connectivity index (χ1v) is 9.08. The predicted octanol–water partition coefficient (Wildman–Crippen LogP) is 3.26. The molecule has 1 saturated carbocycles. The zero-order chi connectivity index (χ0) is 18.3. The molecule has 0 aromatic carbocycles. The first-order chi connectivity index (χ1) is 11.1. The van der Waals surface area contributed by atoms with Gasteiger partial charge in [-0.1, -0.05) is 19.8 Å². The third-order valence-corrected chi connectivity index (χ3v) is 4.02. The van der Waals surface area contributed by atoms with Gasteiger partial charge in [0.15, 0.2) is 0 Å². The van der Waals surface area contributed by atoms with E-state index >= 15 is 0 Å². The number of hydrogen-bond donors (Lipinski definition) is 2. The van der Waals surface area contributed by atoms with Crippen LogP contribution < -0.4 is 5.32 Å². The van der Waals surface area contributed by atoms with Crippen LogP contribution in [0, 0.1) is 5.92 Å². The summed E-state index contributed by atoms with van der Waals surface area (Å²) in [7, 11) is 0. The molecule has 1 aliphatic rings. The Balaban J connectivity index is 2.62. The molecule has 1 aliphatic carbocycles. The molecule has 1 amide bonds. The molecule has 0 saturated heterocycles. The van der Waals surface area contributed by atoms with E-state index in [1.807, 2.05) is 32.6 Å². The maximum absolute atomic E-state index is 11.9. The smallest absolute Gasteiger partial charge is 0.407 e. The van der Waals surface area contributed by atoms with Crippen LogP contribution in [-0.4, -0.2) is 52.8 Å². The quantitative estimate of drug-likeness (QED) is 0.637. The molecule has 24 heavy (non-hydrogen) atoms. The van der Waals surface area contributed by atoms with Gasteiger partial charge in [0.25, 0.3) is 0 Å². The fraction of sp³-hybridized carbons (Fsp3) is 0.889. The van der Waals surface area contributed by atoms with Crippen LogP contribution in [0.4, 0.5) is 4.79 Å². The molecule has 0 aromatic heterocycles. The summed E-state index contributed by atoms with van der Waals surface area (Å²) in [5.74, 6) is -0.171. The van der Waals surface area contributed by atoms with Gasteiger partial charge in [0.05, 0.1) is 0 Å². The Morgan fingerprint density at radius 2 is 1.96 bits per heavy atom. The molecule has 6 heteroatoms. The van der Waals surface area contributed by atoms with E-state index < -0.39 is 23.7 Å². The summed E-state index contributed by atoms with van der Waals surface area (Å²) in [5.41, 5.74) is -0.539. The topological polar surface area (TPSA) is 78.9 Å². The zero-order valence-corrected chi connectivity index (χ0v) is 15.8. The van der Waals surface area contributed by atoms with E-state index in [1.165, 1.54) is 12.8 Å². The highest BCUT2D eigenvalue weighted by Crippen LogP contribution is 2.31. The molecule has 1 rings (SSSR count). The third-order valence-electron chi connectivity index (χ3n) is 4.02. The minimum atomic E-state index is -0.770. The van der Waals surface area contributed by atoms with Crippen LogP contribution in [0.1, 0.15) is 66.7 Å². The molecule has 0 heterocycles. The number of carbonyl (C=O) groups excluding carboxylic acids is 1. The normalized spacial score (nSPS) is 17.4. The van der Waals surface area contributed by atoms with Crippen molar-refractivity contribution in [2.75, 3.05) is 13.1 Å². The summed E-state index contributed by atoms with van der Waals surface area (Å²) in [6, 6.07) is -0.643. The monoisotopic (exact) mass is 342 g/mol. The molecule has 1 unspecified atom stereocenters. The van der Waals surface area contributed by atoms with Gasteiger partial charge in [-0.2, -0.15) is 0 Å². The highest BCUT2D eigenvalue weighted by molar-refractivity contribution is 5.73. The molecule has 0 radical (unpaired) electrons. The molecule has 0 aromatic rings. The molecular weight excluding hydrogens is 308 g/mol. The third kappa shape index (κ3) is 8.52. The van der Waals surface area contributed by atoms with Gasteiger partial charge in [-0.05, 0) is 52.9 Å². The molecular formula is C18H34N2O4. The van der Waals surface area contributed by atoms with Crippen molar-refractivity contribution >= 4 is 12.1 Å². The average molecular weight is 342 g/mol. The van der Waals surface area contributed by atoms with E-state index in [4.69, 9.17) is 4.74 Å². The number of carboxylic acids is 1. The Morgan fingerprint density at radius 3 is 2.42 bits per heavy atom. The highest BCUT2D eigenvalue weighted by Gasteiger charge is 2.32. The van der Waals surface area contributed by atoms with Gasteiger partial charge < -0.3 is 15.2 Å². The Morgan fingerprint density at radius 1 is 1.33 bits per heavy atom. The lowest BCUT2D eigenvalue weighted by Crippen LogP contribution is -2.50. The van der Waals surface area contributed by atoms with E-state index in [1.54, 1.807) is 0 Å². The number of carboxylic acid groups (broad SMARTS) is 1. The molecule has 2 N–H and O–H groups in total. The maximum Gasteiger partial charge on any atom is 0.407 e. The number of hydrogen-bond acceptors (Lipinski definition) is 4. The largest absolute Gasteiger partial charge is 0.480 e. The summed E-state index contributed by atoms with van der Waals surface area (Å²) < 4.78 is 5.27. The number of amides is 1. The lowest BCUT2D eigenvalue weighted by Gasteiger charge is -2.32. The van der Waals surface area contributed by atoms with Gasteiger partial charge in [-0.3, -0.25) is 9.69 Å². The van der Waals surface area contributed by atoms with Gasteiger partial charge in [-0.15, -0.1) is 0 Å². The maximum atomic E-state index is 11.9.